The number of carbonyl (C=O) groups excluding carboxylic acids is 2. The van der Waals surface area contributed by atoms with Crippen molar-refractivity contribution in [3.05, 3.63) is 77.4 Å². The Bertz CT molecular complexity index is 1430. The average Bonchev–Trinajstić information content (AvgIpc) is 3.31. The number of para-hydroxylation sites is 1. The molecule has 3 aromatic carbocycles. The summed E-state index contributed by atoms with van der Waals surface area (Å²) in [5.74, 6) is -0.0222. The van der Waals surface area contributed by atoms with Gasteiger partial charge < -0.3 is 24.3 Å². The zero-order chi connectivity index (χ0) is 25.2. The molecule has 1 aliphatic heterocycles. The van der Waals surface area contributed by atoms with Crippen molar-refractivity contribution < 1.29 is 20.2 Å². The molecule has 8 heteroatoms. The number of amides is 2. The molecule has 1 fully saturated rings. The summed E-state index contributed by atoms with van der Waals surface area (Å²) in [6.07, 6.45) is 0. The molecular formula is C28H30N4O4. The summed E-state index contributed by atoms with van der Waals surface area (Å²) < 4.78 is 11.4. The van der Waals surface area contributed by atoms with E-state index in [-0.39, 0.29) is 13.2 Å². The number of benzene rings is 3. The van der Waals surface area contributed by atoms with Gasteiger partial charge in [-0.15, -0.1) is 0 Å². The molecule has 1 N–H and O–H groups in total. The third-order valence-electron chi connectivity index (χ3n) is 6.27. The minimum absolute atomic E-state index is 0. The minimum atomic E-state index is -0.0387. The Morgan fingerprint density at radius 2 is 1.78 bits per heavy atom. The van der Waals surface area contributed by atoms with Crippen LogP contribution in [0.1, 0.15) is 27.7 Å². The monoisotopic (exact) mass is 486 g/mol. The smallest absolute Gasteiger partial charge is 0.300 e. The van der Waals surface area contributed by atoms with Crippen LogP contribution in [0.5, 0.6) is 0 Å². The van der Waals surface area contributed by atoms with E-state index in [1.807, 2.05) is 66.4 Å². The lowest BCUT2D eigenvalue weighted by Gasteiger charge is -2.26. The number of ether oxygens (including phenoxy) is 1. The normalized spacial score (nSPS) is 13.6. The number of nitrogens with one attached hydrogen (secondary N) is 1. The standard InChI is InChI=1S/C28H28N4O4.H2/c1-18-17-21(11-12-22(18)27(34)31(2)3)29-28-30-24-6-4-5-23(25(24)36-28)19-7-9-20(10-8-19)26(33)32-13-15-35-16-14-32;/h4-12,17H,13-16H2,1-3H3,(H,29,30);1H. The first kappa shape index (κ1) is 23.6. The van der Waals surface area contributed by atoms with Gasteiger partial charge in [-0.1, -0.05) is 24.3 Å². The van der Waals surface area contributed by atoms with Crippen LogP contribution < -0.4 is 5.32 Å². The summed E-state index contributed by atoms with van der Waals surface area (Å²) in [4.78, 5) is 33.0. The van der Waals surface area contributed by atoms with Gasteiger partial charge in [0.2, 0.25) is 0 Å². The van der Waals surface area contributed by atoms with E-state index < -0.39 is 0 Å². The number of rotatable bonds is 5. The topological polar surface area (TPSA) is 87.9 Å². The predicted octanol–water partition coefficient (Wildman–Crippen LogP) is 4.97. The summed E-state index contributed by atoms with van der Waals surface area (Å²) in [5.41, 5.74) is 6.15. The molecule has 0 saturated carbocycles. The fourth-order valence-corrected chi connectivity index (χ4v) is 4.32. The van der Waals surface area contributed by atoms with Crippen LogP contribution in [0.2, 0.25) is 0 Å². The van der Waals surface area contributed by atoms with Crippen LogP contribution in [-0.4, -0.2) is 67.0 Å². The number of carbonyl (C=O) groups is 2. The van der Waals surface area contributed by atoms with Crippen LogP contribution >= 0.6 is 0 Å². The van der Waals surface area contributed by atoms with Gasteiger partial charge in [-0.3, -0.25) is 9.59 Å². The number of oxazole rings is 1. The molecule has 1 aliphatic rings. The maximum atomic E-state index is 12.8. The molecule has 0 spiro atoms. The van der Waals surface area contributed by atoms with E-state index in [4.69, 9.17) is 9.15 Å². The molecule has 1 saturated heterocycles. The van der Waals surface area contributed by atoms with Gasteiger partial charge in [0, 0.05) is 51.0 Å². The Kier molecular flexibility index (Phi) is 6.43. The number of hydrogen-bond donors (Lipinski definition) is 1. The van der Waals surface area contributed by atoms with E-state index >= 15 is 0 Å². The van der Waals surface area contributed by atoms with Crippen molar-refractivity contribution in [3.8, 4) is 11.1 Å². The summed E-state index contributed by atoms with van der Waals surface area (Å²) in [7, 11) is 3.47. The number of aromatic nitrogens is 1. The molecule has 1 aromatic heterocycles. The van der Waals surface area contributed by atoms with E-state index in [9.17, 15) is 9.59 Å². The largest absolute Gasteiger partial charge is 0.423 e. The number of morpholine rings is 1. The second-order valence-corrected chi connectivity index (χ2v) is 9.01. The van der Waals surface area contributed by atoms with E-state index in [1.165, 1.54) is 0 Å². The SMILES string of the molecule is Cc1cc(Nc2nc3cccc(-c4ccc(C(=O)N5CCOCC5)cc4)c3o2)ccc1C(=O)N(C)C.[HH]. The van der Waals surface area contributed by atoms with Gasteiger partial charge in [0.25, 0.3) is 17.8 Å². The van der Waals surface area contributed by atoms with Crippen LogP contribution in [0.3, 0.4) is 0 Å². The quantitative estimate of drug-likeness (QED) is 0.429. The Balaban J connectivity index is 0.00000320. The number of fused-ring (bicyclic) bond motifs is 1. The summed E-state index contributed by atoms with van der Waals surface area (Å²) in [5, 5.41) is 3.21. The number of anilines is 2. The van der Waals surface area contributed by atoms with Crippen molar-refractivity contribution in [1.82, 2.24) is 14.8 Å². The molecule has 4 aromatic rings. The van der Waals surface area contributed by atoms with Crippen molar-refractivity contribution in [2.75, 3.05) is 45.7 Å². The lowest BCUT2D eigenvalue weighted by molar-refractivity contribution is 0.0303. The second-order valence-electron chi connectivity index (χ2n) is 9.01. The third kappa shape index (κ3) is 4.67. The van der Waals surface area contributed by atoms with Gasteiger partial charge >= 0.3 is 0 Å². The summed E-state index contributed by atoms with van der Waals surface area (Å²) in [6, 6.07) is 19.3. The van der Waals surface area contributed by atoms with Gasteiger partial charge in [-0.25, -0.2) is 0 Å². The molecule has 8 nitrogen and oxygen atoms in total. The molecule has 5 rings (SSSR count). The van der Waals surface area contributed by atoms with E-state index in [0.717, 1.165) is 27.9 Å². The highest BCUT2D eigenvalue weighted by Crippen LogP contribution is 2.32. The Morgan fingerprint density at radius 3 is 2.47 bits per heavy atom. The third-order valence-corrected chi connectivity index (χ3v) is 6.27. The predicted molar refractivity (Wildman–Crippen MR) is 141 cm³/mol. The summed E-state index contributed by atoms with van der Waals surface area (Å²) in [6.45, 7) is 4.28. The molecule has 2 amide bonds. The fourth-order valence-electron chi connectivity index (χ4n) is 4.32. The number of nitrogens with zero attached hydrogens (tertiary/aromatic N) is 3. The highest BCUT2D eigenvalue weighted by Gasteiger charge is 2.19. The molecule has 0 aliphatic carbocycles. The van der Waals surface area contributed by atoms with Crippen molar-refractivity contribution in [2.24, 2.45) is 0 Å². The van der Waals surface area contributed by atoms with Crippen LogP contribution in [0.25, 0.3) is 22.2 Å². The highest BCUT2D eigenvalue weighted by molar-refractivity contribution is 5.97. The molecule has 2 heterocycles. The lowest BCUT2D eigenvalue weighted by Crippen LogP contribution is -2.40. The fraction of sp³-hybridized carbons (Fsp3) is 0.250. The second kappa shape index (κ2) is 9.83. The van der Waals surface area contributed by atoms with Crippen molar-refractivity contribution in [1.29, 1.82) is 0 Å². The molecule has 0 bridgehead atoms. The van der Waals surface area contributed by atoms with Gasteiger partial charge in [-0.05, 0) is 54.4 Å². The van der Waals surface area contributed by atoms with E-state index in [0.29, 0.717) is 49.0 Å². The van der Waals surface area contributed by atoms with Crippen LogP contribution in [0.15, 0.2) is 65.1 Å². The highest BCUT2D eigenvalue weighted by atomic mass is 16.5. The zero-order valence-corrected chi connectivity index (χ0v) is 20.6. The zero-order valence-electron chi connectivity index (χ0n) is 20.6. The van der Waals surface area contributed by atoms with Gasteiger partial charge in [0.1, 0.15) is 5.52 Å². The van der Waals surface area contributed by atoms with E-state index in [2.05, 4.69) is 10.3 Å². The molecule has 0 atom stereocenters. The maximum Gasteiger partial charge on any atom is 0.300 e. The molecule has 186 valence electrons. The Labute approximate surface area is 211 Å². The number of aryl methyl sites for hydroxylation is 1. The van der Waals surface area contributed by atoms with Crippen molar-refractivity contribution in [3.63, 3.8) is 0 Å². The summed E-state index contributed by atoms with van der Waals surface area (Å²) >= 11 is 0. The van der Waals surface area contributed by atoms with Gasteiger partial charge in [-0.2, -0.15) is 4.98 Å². The van der Waals surface area contributed by atoms with E-state index in [1.54, 1.807) is 25.1 Å². The Hall–Kier alpha value is -4.17. The first-order valence-electron chi connectivity index (χ1n) is 11.9. The van der Waals surface area contributed by atoms with Gasteiger partial charge in [0.15, 0.2) is 5.58 Å². The Morgan fingerprint density at radius 1 is 1.03 bits per heavy atom. The van der Waals surface area contributed by atoms with Crippen LogP contribution in [-0.2, 0) is 4.74 Å². The molecule has 0 radical (unpaired) electrons. The first-order chi connectivity index (χ1) is 17.4. The van der Waals surface area contributed by atoms with Crippen molar-refractivity contribution >= 4 is 34.6 Å². The average molecular weight is 487 g/mol. The molecule has 36 heavy (non-hydrogen) atoms. The maximum absolute atomic E-state index is 12.8. The lowest BCUT2D eigenvalue weighted by atomic mass is 10.0. The molecule has 0 unspecified atom stereocenters. The van der Waals surface area contributed by atoms with Crippen LogP contribution in [0, 0.1) is 6.92 Å². The van der Waals surface area contributed by atoms with Crippen molar-refractivity contribution in [2.45, 2.75) is 6.92 Å². The first-order valence-corrected chi connectivity index (χ1v) is 11.9. The molecular weight excluding hydrogens is 456 g/mol. The minimum Gasteiger partial charge on any atom is -0.423 e. The van der Waals surface area contributed by atoms with Gasteiger partial charge in [0.05, 0.1) is 13.2 Å². The van der Waals surface area contributed by atoms with Crippen LogP contribution in [0.4, 0.5) is 11.7 Å². The number of hydrogen-bond acceptors (Lipinski definition) is 6.